The van der Waals surface area contributed by atoms with Crippen LogP contribution in [0.25, 0.3) is 0 Å². The summed E-state index contributed by atoms with van der Waals surface area (Å²) in [4.78, 5) is 0.358. The first kappa shape index (κ1) is 13.4. The largest absolute Gasteiger partial charge is 0.381 e. The zero-order valence-electron chi connectivity index (χ0n) is 11.1. The fourth-order valence-electron chi connectivity index (χ4n) is 2.08. The minimum atomic E-state index is -3.38. The van der Waals surface area contributed by atoms with E-state index in [2.05, 4.69) is 12.2 Å². The van der Waals surface area contributed by atoms with E-state index in [1.165, 1.54) is 4.31 Å². The molecule has 0 amide bonds. The number of nitrogens with one attached hydrogen (secondary N) is 1. The summed E-state index contributed by atoms with van der Waals surface area (Å²) in [5.74, 6) is 0.681. The summed E-state index contributed by atoms with van der Waals surface area (Å²) in [6.07, 6.45) is 2.27. The van der Waals surface area contributed by atoms with E-state index >= 15 is 0 Å². The molecule has 0 aliphatic heterocycles. The topological polar surface area (TPSA) is 49.4 Å². The Labute approximate surface area is 109 Å². The predicted octanol–water partition coefficient (Wildman–Crippen LogP) is 2.15. The van der Waals surface area contributed by atoms with Gasteiger partial charge in [-0.05, 0) is 24.5 Å². The Morgan fingerprint density at radius 1 is 1.33 bits per heavy atom. The molecule has 0 radical (unpaired) electrons. The molecule has 0 spiro atoms. The molecule has 1 saturated carbocycles. The first-order valence-corrected chi connectivity index (χ1v) is 7.69. The number of hydrogen-bond acceptors (Lipinski definition) is 3. The highest BCUT2D eigenvalue weighted by molar-refractivity contribution is 7.89. The summed E-state index contributed by atoms with van der Waals surface area (Å²) in [6, 6.07) is 7.53. The number of para-hydroxylation sites is 1. The third kappa shape index (κ3) is 2.52. The maximum Gasteiger partial charge on any atom is 0.244 e. The van der Waals surface area contributed by atoms with Gasteiger partial charge in [0, 0.05) is 20.1 Å². The molecule has 100 valence electrons. The second kappa shape index (κ2) is 4.90. The number of sulfonamides is 1. The SMILES string of the molecule is CCC1CC1Nc1ccccc1S(=O)(=O)N(C)C. The molecule has 1 aromatic carbocycles. The minimum absolute atomic E-state index is 0.358. The lowest BCUT2D eigenvalue weighted by Gasteiger charge is -2.16. The fourth-order valence-corrected chi connectivity index (χ4v) is 3.13. The van der Waals surface area contributed by atoms with E-state index in [1.807, 2.05) is 12.1 Å². The Morgan fingerprint density at radius 2 is 2.00 bits per heavy atom. The molecule has 1 fully saturated rings. The molecule has 0 heterocycles. The van der Waals surface area contributed by atoms with Gasteiger partial charge in [-0.25, -0.2) is 12.7 Å². The van der Waals surface area contributed by atoms with Crippen molar-refractivity contribution in [1.29, 1.82) is 0 Å². The van der Waals surface area contributed by atoms with Crippen LogP contribution in [0.4, 0.5) is 5.69 Å². The van der Waals surface area contributed by atoms with Gasteiger partial charge in [-0.3, -0.25) is 0 Å². The van der Waals surface area contributed by atoms with Crippen LogP contribution in [-0.2, 0) is 10.0 Å². The van der Waals surface area contributed by atoms with Gasteiger partial charge in [0.2, 0.25) is 10.0 Å². The van der Waals surface area contributed by atoms with Gasteiger partial charge >= 0.3 is 0 Å². The Bertz CT molecular complexity index is 526. The van der Waals surface area contributed by atoms with Crippen LogP contribution in [-0.4, -0.2) is 32.9 Å². The van der Waals surface area contributed by atoms with Gasteiger partial charge in [-0.2, -0.15) is 0 Å². The normalized spacial score (nSPS) is 23.1. The molecule has 2 rings (SSSR count). The average Bonchev–Trinajstić information content (AvgIpc) is 3.08. The van der Waals surface area contributed by atoms with Crippen LogP contribution in [0, 0.1) is 5.92 Å². The van der Waals surface area contributed by atoms with E-state index in [9.17, 15) is 8.42 Å². The smallest absolute Gasteiger partial charge is 0.244 e. The van der Waals surface area contributed by atoms with Crippen LogP contribution in [0.15, 0.2) is 29.2 Å². The Hall–Kier alpha value is -1.07. The van der Waals surface area contributed by atoms with E-state index in [4.69, 9.17) is 0 Å². The molecule has 0 bridgehead atoms. The monoisotopic (exact) mass is 268 g/mol. The predicted molar refractivity (Wildman–Crippen MR) is 73.1 cm³/mol. The van der Waals surface area contributed by atoms with Gasteiger partial charge in [0.05, 0.1) is 5.69 Å². The summed E-state index contributed by atoms with van der Waals surface area (Å²) in [5.41, 5.74) is 0.715. The lowest BCUT2D eigenvalue weighted by Crippen LogP contribution is -2.23. The summed E-state index contributed by atoms with van der Waals surface area (Å²) in [7, 11) is -0.271. The molecular weight excluding hydrogens is 248 g/mol. The van der Waals surface area contributed by atoms with Gasteiger partial charge in [-0.1, -0.05) is 25.5 Å². The van der Waals surface area contributed by atoms with Crippen LogP contribution < -0.4 is 5.32 Å². The lowest BCUT2D eigenvalue weighted by molar-refractivity contribution is 0.521. The summed E-state index contributed by atoms with van der Waals surface area (Å²) >= 11 is 0. The molecule has 4 nitrogen and oxygen atoms in total. The van der Waals surface area contributed by atoms with Gasteiger partial charge < -0.3 is 5.32 Å². The van der Waals surface area contributed by atoms with Crippen molar-refractivity contribution in [2.75, 3.05) is 19.4 Å². The van der Waals surface area contributed by atoms with Crippen molar-refractivity contribution in [3.05, 3.63) is 24.3 Å². The van der Waals surface area contributed by atoms with Crippen molar-refractivity contribution in [2.24, 2.45) is 5.92 Å². The summed E-state index contributed by atoms with van der Waals surface area (Å²) in [6.45, 7) is 2.16. The van der Waals surface area contributed by atoms with Crippen LogP contribution in [0.2, 0.25) is 0 Å². The molecule has 0 saturated heterocycles. The average molecular weight is 268 g/mol. The third-order valence-corrected chi connectivity index (χ3v) is 5.31. The maximum atomic E-state index is 12.2. The highest BCUT2D eigenvalue weighted by Crippen LogP contribution is 2.37. The molecular formula is C13H20N2O2S. The molecule has 1 aliphatic rings. The zero-order valence-corrected chi connectivity index (χ0v) is 11.9. The van der Waals surface area contributed by atoms with Crippen molar-refractivity contribution in [2.45, 2.75) is 30.7 Å². The Kier molecular flexibility index (Phi) is 3.64. The van der Waals surface area contributed by atoms with E-state index in [0.717, 1.165) is 12.8 Å². The zero-order chi connectivity index (χ0) is 13.3. The molecule has 5 heteroatoms. The van der Waals surface area contributed by atoms with E-state index in [1.54, 1.807) is 26.2 Å². The first-order chi connectivity index (χ1) is 8.46. The van der Waals surface area contributed by atoms with Crippen LogP contribution >= 0.6 is 0 Å². The highest BCUT2D eigenvalue weighted by atomic mass is 32.2. The molecule has 18 heavy (non-hydrogen) atoms. The second-order valence-corrected chi connectivity index (χ2v) is 7.06. The molecule has 1 aliphatic carbocycles. The first-order valence-electron chi connectivity index (χ1n) is 6.25. The molecule has 2 unspecified atom stereocenters. The number of anilines is 1. The molecule has 0 aromatic heterocycles. The highest BCUT2D eigenvalue weighted by Gasteiger charge is 2.36. The minimum Gasteiger partial charge on any atom is -0.381 e. The van der Waals surface area contributed by atoms with Crippen LogP contribution in [0.3, 0.4) is 0 Å². The van der Waals surface area contributed by atoms with Crippen molar-refractivity contribution in [1.82, 2.24) is 4.31 Å². The lowest BCUT2D eigenvalue weighted by atomic mass is 10.3. The maximum absolute atomic E-state index is 12.2. The van der Waals surface area contributed by atoms with Gasteiger partial charge in [-0.15, -0.1) is 0 Å². The number of nitrogens with zero attached hydrogens (tertiary/aromatic N) is 1. The summed E-state index contributed by atoms with van der Waals surface area (Å²) in [5, 5.41) is 3.34. The van der Waals surface area contributed by atoms with E-state index in [-0.39, 0.29) is 0 Å². The number of rotatable bonds is 5. The second-order valence-electron chi connectivity index (χ2n) is 4.94. The standard InChI is InChI=1S/C13H20N2O2S/c1-4-10-9-12(10)14-11-7-5-6-8-13(11)18(16,17)15(2)3/h5-8,10,12,14H,4,9H2,1-3H3. The van der Waals surface area contributed by atoms with Gasteiger partial charge in [0.15, 0.2) is 0 Å². The number of benzene rings is 1. The van der Waals surface area contributed by atoms with Gasteiger partial charge in [0.25, 0.3) is 0 Å². The van der Waals surface area contributed by atoms with Crippen molar-refractivity contribution >= 4 is 15.7 Å². The third-order valence-electron chi connectivity index (χ3n) is 3.43. The van der Waals surface area contributed by atoms with Gasteiger partial charge in [0.1, 0.15) is 4.90 Å². The van der Waals surface area contributed by atoms with Crippen molar-refractivity contribution in [3.8, 4) is 0 Å². The fraction of sp³-hybridized carbons (Fsp3) is 0.538. The number of hydrogen-bond donors (Lipinski definition) is 1. The molecule has 1 aromatic rings. The Balaban J connectivity index is 2.27. The van der Waals surface area contributed by atoms with Crippen LogP contribution in [0.1, 0.15) is 19.8 Å². The quantitative estimate of drug-likeness (QED) is 0.890. The van der Waals surface area contributed by atoms with E-state index in [0.29, 0.717) is 22.5 Å². The van der Waals surface area contributed by atoms with Crippen molar-refractivity contribution < 1.29 is 8.42 Å². The Morgan fingerprint density at radius 3 is 2.56 bits per heavy atom. The van der Waals surface area contributed by atoms with Crippen LogP contribution in [0.5, 0.6) is 0 Å². The molecule has 1 N–H and O–H groups in total. The van der Waals surface area contributed by atoms with E-state index < -0.39 is 10.0 Å². The summed E-state index contributed by atoms with van der Waals surface area (Å²) < 4.78 is 25.6. The molecule has 2 atom stereocenters. The van der Waals surface area contributed by atoms with Crippen molar-refractivity contribution in [3.63, 3.8) is 0 Å².